The summed E-state index contributed by atoms with van der Waals surface area (Å²) < 4.78 is 0. The first-order valence-corrected chi connectivity index (χ1v) is 4.28. The van der Waals surface area contributed by atoms with Gasteiger partial charge in [0.05, 0.1) is 6.57 Å². The minimum absolute atomic E-state index is 0.613. The van der Waals surface area contributed by atoms with Gasteiger partial charge in [0.2, 0.25) is 5.69 Å². The Morgan fingerprint density at radius 2 is 2.10 bits per heavy atom. The maximum atomic E-state index is 6.74. The van der Waals surface area contributed by atoms with Gasteiger partial charge in [0.15, 0.2) is 0 Å². The van der Waals surface area contributed by atoms with Crippen LogP contribution in [-0.4, -0.2) is 0 Å². The summed E-state index contributed by atoms with van der Waals surface area (Å²) in [7, 11) is 6.56. The van der Waals surface area contributed by atoms with Crippen molar-refractivity contribution >= 4 is 27.3 Å². The summed E-state index contributed by atoms with van der Waals surface area (Å²) in [5, 5.41) is 0. The normalized spacial score (nSPS) is 8.80. The molecule has 0 aliphatic heterocycles. The molecular formula is C7H4ClNS. The summed E-state index contributed by atoms with van der Waals surface area (Å²) in [4.78, 5) is 4.10. The first-order chi connectivity index (χ1) is 4.88. The topological polar surface area (TPSA) is 4.36 Å². The standard InChI is InChI=1S/C7H4ClNS/c1-9-6-4-2-3-5-7(6)10-8/h2-5H. The Hall–Kier alpha value is -0.650. The highest BCUT2D eigenvalue weighted by Crippen LogP contribution is 2.31. The van der Waals surface area contributed by atoms with Gasteiger partial charge < -0.3 is 0 Å². The van der Waals surface area contributed by atoms with Crippen molar-refractivity contribution in [3.05, 3.63) is 35.7 Å². The zero-order valence-corrected chi connectivity index (χ0v) is 6.62. The third-order valence-corrected chi connectivity index (χ3v) is 2.08. The molecule has 1 rings (SSSR count). The summed E-state index contributed by atoms with van der Waals surface area (Å²) >= 11 is 0. The summed E-state index contributed by atoms with van der Waals surface area (Å²) in [5.74, 6) is 0. The van der Waals surface area contributed by atoms with Crippen LogP contribution < -0.4 is 0 Å². The Balaban J connectivity index is 3.12. The molecule has 0 aromatic heterocycles. The fraction of sp³-hybridized carbons (Fsp3) is 0. The van der Waals surface area contributed by atoms with Gasteiger partial charge >= 0.3 is 0 Å². The van der Waals surface area contributed by atoms with Crippen molar-refractivity contribution in [2.75, 3.05) is 0 Å². The number of hydrogen-bond acceptors (Lipinski definition) is 1. The molecular weight excluding hydrogens is 166 g/mol. The van der Waals surface area contributed by atoms with Crippen LogP contribution in [0.2, 0.25) is 0 Å². The van der Waals surface area contributed by atoms with Crippen LogP contribution in [0.3, 0.4) is 0 Å². The third-order valence-electron chi connectivity index (χ3n) is 1.07. The highest BCUT2D eigenvalue weighted by molar-refractivity contribution is 8.21. The van der Waals surface area contributed by atoms with E-state index in [2.05, 4.69) is 4.85 Å². The predicted molar refractivity (Wildman–Crippen MR) is 44.4 cm³/mol. The molecule has 0 amide bonds. The van der Waals surface area contributed by atoms with Crippen LogP contribution >= 0.6 is 21.7 Å². The van der Waals surface area contributed by atoms with Gasteiger partial charge in [-0.1, -0.05) is 24.3 Å². The number of nitrogens with zero attached hydrogens (tertiary/aromatic N) is 1. The molecule has 1 aromatic carbocycles. The second-order valence-electron chi connectivity index (χ2n) is 1.66. The molecule has 3 heteroatoms. The fourth-order valence-corrected chi connectivity index (χ4v) is 1.33. The van der Waals surface area contributed by atoms with Crippen LogP contribution in [0.4, 0.5) is 5.69 Å². The lowest BCUT2D eigenvalue weighted by Gasteiger charge is -1.93. The van der Waals surface area contributed by atoms with Crippen molar-refractivity contribution in [3.63, 3.8) is 0 Å². The zero-order chi connectivity index (χ0) is 7.40. The van der Waals surface area contributed by atoms with E-state index in [9.17, 15) is 0 Å². The average molecular weight is 170 g/mol. The van der Waals surface area contributed by atoms with Gasteiger partial charge in [-0.2, -0.15) is 0 Å². The molecule has 10 heavy (non-hydrogen) atoms. The molecule has 0 atom stereocenters. The van der Waals surface area contributed by atoms with Gasteiger partial charge in [0, 0.05) is 4.90 Å². The number of hydrogen-bond donors (Lipinski definition) is 0. The van der Waals surface area contributed by atoms with Crippen LogP contribution in [0.1, 0.15) is 0 Å². The van der Waals surface area contributed by atoms with E-state index in [0.717, 1.165) is 15.9 Å². The summed E-state index contributed by atoms with van der Waals surface area (Å²) in [6.07, 6.45) is 0. The van der Waals surface area contributed by atoms with E-state index in [4.69, 9.17) is 17.3 Å². The molecule has 0 fully saturated rings. The number of benzene rings is 1. The molecule has 0 spiro atoms. The van der Waals surface area contributed by atoms with Crippen molar-refractivity contribution in [3.8, 4) is 0 Å². The number of rotatable bonds is 1. The molecule has 0 unspecified atom stereocenters. The third kappa shape index (κ3) is 1.44. The van der Waals surface area contributed by atoms with E-state index in [1.54, 1.807) is 6.07 Å². The molecule has 0 saturated heterocycles. The van der Waals surface area contributed by atoms with E-state index in [1.165, 1.54) is 0 Å². The molecule has 0 bridgehead atoms. The Kier molecular flexibility index (Phi) is 2.61. The maximum absolute atomic E-state index is 6.74. The molecule has 0 aliphatic carbocycles. The van der Waals surface area contributed by atoms with Crippen molar-refractivity contribution in [2.45, 2.75) is 4.90 Å². The SMILES string of the molecule is [C-]#[N+]c1ccccc1SCl. The molecule has 0 heterocycles. The first-order valence-electron chi connectivity index (χ1n) is 2.63. The second-order valence-corrected chi connectivity index (χ2v) is 2.71. The molecule has 50 valence electrons. The number of halogens is 1. The largest absolute Gasteiger partial charge is 0.237 e. The molecule has 1 aromatic rings. The van der Waals surface area contributed by atoms with Gasteiger partial charge in [0.1, 0.15) is 0 Å². The van der Waals surface area contributed by atoms with Crippen molar-refractivity contribution in [1.82, 2.24) is 0 Å². The van der Waals surface area contributed by atoms with E-state index in [-0.39, 0.29) is 0 Å². The van der Waals surface area contributed by atoms with Crippen LogP contribution in [-0.2, 0) is 0 Å². The average Bonchev–Trinajstić information content (AvgIpc) is 2.04. The smallest absolute Gasteiger partial charge is 0.201 e. The lowest BCUT2D eigenvalue weighted by Crippen LogP contribution is -1.64. The lowest BCUT2D eigenvalue weighted by atomic mass is 10.3. The van der Waals surface area contributed by atoms with Crippen molar-refractivity contribution in [2.24, 2.45) is 0 Å². The van der Waals surface area contributed by atoms with Crippen molar-refractivity contribution < 1.29 is 0 Å². The van der Waals surface area contributed by atoms with Crippen LogP contribution in [0.15, 0.2) is 29.2 Å². The van der Waals surface area contributed by atoms with Gasteiger partial charge in [-0.05, 0) is 21.7 Å². The minimum Gasteiger partial charge on any atom is -0.237 e. The first kappa shape index (κ1) is 7.46. The van der Waals surface area contributed by atoms with Gasteiger partial charge in [-0.3, -0.25) is 0 Å². The summed E-state index contributed by atoms with van der Waals surface area (Å²) in [6.45, 7) is 6.74. The molecule has 0 saturated carbocycles. The molecule has 1 nitrogen and oxygen atoms in total. The van der Waals surface area contributed by atoms with E-state index in [1.807, 2.05) is 18.2 Å². The van der Waals surface area contributed by atoms with Gasteiger partial charge in [0.25, 0.3) is 0 Å². The maximum Gasteiger partial charge on any atom is 0.201 e. The second kappa shape index (κ2) is 3.50. The molecule has 0 N–H and O–H groups in total. The van der Waals surface area contributed by atoms with Crippen LogP contribution in [0, 0.1) is 6.57 Å². The van der Waals surface area contributed by atoms with Crippen LogP contribution in [0.25, 0.3) is 4.85 Å². The van der Waals surface area contributed by atoms with Gasteiger partial charge in [-0.15, -0.1) is 0 Å². The highest BCUT2D eigenvalue weighted by atomic mass is 35.7. The van der Waals surface area contributed by atoms with Crippen LogP contribution in [0.5, 0.6) is 0 Å². The zero-order valence-electron chi connectivity index (χ0n) is 5.04. The predicted octanol–water partition coefficient (Wildman–Crippen LogP) is 3.48. The fourth-order valence-electron chi connectivity index (χ4n) is 0.615. The summed E-state index contributed by atoms with van der Waals surface area (Å²) in [6, 6.07) is 7.26. The molecule has 0 aliphatic rings. The molecule has 0 radical (unpaired) electrons. The lowest BCUT2D eigenvalue weighted by molar-refractivity contribution is 1.50. The Morgan fingerprint density at radius 1 is 1.40 bits per heavy atom. The number of para-hydroxylation sites is 1. The monoisotopic (exact) mass is 169 g/mol. The van der Waals surface area contributed by atoms with Gasteiger partial charge in [-0.25, -0.2) is 4.85 Å². The quantitative estimate of drug-likeness (QED) is 0.583. The Morgan fingerprint density at radius 3 is 2.60 bits per heavy atom. The van der Waals surface area contributed by atoms with E-state index < -0.39 is 0 Å². The van der Waals surface area contributed by atoms with E-state index in [0.29, 0.717) is 5.69 Å². The minimum atomic E-state index is 0.613. The summed E-state index contributed by atoms with van der Waals surface area (Å²) in [5.41, 5.74) is 0.613. The Bertz CT molecular complexity index is 267. The Labute approximate surface area is 68.3 Å². The highest BCUT2D eigenvalue weighted by Gasteiger charge is 1.97. The van der Waals surface area contributed by atoms with E-state index >= 15 is 0 Å². The van der Waals surface area contributed by atoms with Crippen molar-refractivity contribution in [1.29, 1.82) is 0 Å².